The molecule has 0 bridgehead atoms. The van der Waals surface area contributed by atoms with E-state index in [2.05, 4.69) is 15.3 Å². The number of hydrogen-bond acceptors (Lipinski definition) is 3. The van der Waals surface area contributed by atoms with Crippen LogP contribution in [0.2, 0.25) is 15.6 Å². The van der Waals surface area contributed by atoms with Crippen LogP contribution in [0.1, 0.15) is 12.5 Å². The molecule has 0 aliphatic carbocycles. The molecule has 16 heavy (non-hydrogen) atoms. The van der Waals surface area contributed by atoms with Crippen LogP contribution < -0.4 is 5.32 Å². The van der Waals surface area contributed by atoms with Crippen molar-refractivity contribution in [1.29, 1.82) is 0 Å². The molecule has 0 atom stereocenters. The van der Waals surface area contributed by atoms with Crippen LogP contribution in [0.25, 0.3) is 6.08 Å². The van der Waals surface area contributed by atoms with E-state index < -0.39 is 0 Å². The predicted molar refractivity (Wildman–Crippen MR) is 64.8 cm³/mol. The Morgan fingerprint density at radius 2 is 1.88 bits per heavy atom. The van der Waals surface area contributed by atoms with Crippen LogP contribution in [0.5, 0.6) is 0 Å². The number of carbonyl (C=O) groups excluding carboxylic acids is 1. The van der Waals surface area contributed by atoms with E-state index in [1.54, 1.807) is 12.2 Å². The summed E-state index contributed by atoms with van der Waals surface area (Å²) in [5, 5.41) is 2.92. The number of amides is 1. The van der Waals surface area contributed by atoms with E-state index in [0.29, 0.717) is 12.1 Å². The minimum atomic E-state index is -0.116. The lowest BCUT2D eigenvalue weighted by molar-refractivity contribution is -0.118. The van der Waals surface area contributed by atoms with E-state index in [0.717, 1.165) is 0 Å². The van der Waals surface area contributed by atoms with Crippen molar-refractivity contribution < 1.29 is 4.79 Å². The van der Waals surface area contributed by atoms with E-state index in [1.165, 1.54) is 6.92 Å². The third-order valence-electron chi connectivity index (χ3n) is 1.58. The van der Waals surface area contributed by atoms with Gasteiger partial charge in [-0.05, 0) is 11.6 Å². The van der Waals surface area contributed by atoms with Gasteiger partial charge in [0.25, 0.3) is 0 Å². The van der Waals surface area contributed by atoms with Crippen LogP contribution in [-0.4, -0.2) is 22.4 Å². The smallest absolute Gasteiger partial charge is 0.225 e. The fourth-order valence-electron chi connectivity index (χ4n) is 0.910. The third kappa shape index (κ3) is 3.96. The molecule has 1 aromatic rings. The zero-order chi connectivity index (χ0) is 12.1. The molecule has 0 aliphatic heterocycles. The van der Waals surface area contributed by atoms with Gasteiger partial charge in [0.1, 0.15) is 10.3 Å². The van der Waals surface area contributed by atoms with Crippen LogP contribution in [-0.2, 0) is 4.79 Å². The van der Waals surface area contributed by atoms with Gasteiger partial charge in [-0.2, -0.15) is 0 Å². The first kappa shape index (κ1) is 13.2. The molecule has 0 spiro atoms. The van der Waals surface area contributed by atoms with Gasteiger partial charge in [0.15, 0.2) is 0 Å². The molecule has 0 fully saturated rings. The number of halogens is 3. The fraction of sp³-hybridized carbons (Fsp3) is 0.222. The standard InChI is InChI=1S/C9H8Cl3N3O/c1-5(16)13-4-2-3-6-7(10)14-9(12)15-8(6)11/h2-3H,4H2,1H3,(H,13,16). The second-order valence-corrected chi connectivity index (χ2v) is 3.88. The molecular weight excluding hydrogens is 272 g/mol. The van der Waals surface area contributed by atoms with Crippen LogP contribution in [0, 0.1) is 0 Å². The average molecular weight is 281 g/mol. The molecule has 0 saturated heterocycles. The molecule has 1 rings (SSSR count). The highest BCUT2D eigenvalue weighted by Crippen LogP contribution is 2.23. The Balaban J connectivity index is 2.77. The lowest BCUT2D eigenvalue weighted by atomic mass is 10.3. The molecule has 0 unspecified atom stereocenters. The summed E-state index contributed by atoms with van der Waals surface area (Å²) in [6.45, 7) is 1.81. The lowest BCUT2D eigenvalue weighted by Gasteiger charge is -2.00. The van der Waals surface area contributed by atoms with Crippen LogP contribution in [0.15, 0.2) is 6.08 Å². The van der Waals surface area contributed by atoms with Gasteiger partial charge in [0.05, 0.1) is 0 Å². The van der Waals surface area contributed by atoms with Gasteiger partial charge >= 0.3 is 0 Å². The Kier molecular flexibility index (Phi) is 4.99. The number of carbonyl (C=O) groups is 1. The van der Waals surface area contributed by atoms with Gasteiger partial charge in [-0.25, -0.2) is 9.97 Å². The van der Waals surface area contributed by atoms with Gasteiger partial charge in [0.2, 0.25) is 11.2 Å². The van der Waals surface area contributed by atoms with Crippen molar-refractivity contribution in [2.45, 2.75) is 6.92 Å². The first-order chi connectivity index (χ1) is 7.50. The van der Waals surface area contributed by atoms with Crippen molar-refractivity contribution in [2.75, 3.05) is 6.54 Å². The molecule has 0 aromatic carbocycles. The summed E-state index contributed by atoms with van der Waals surface area (Å²) in [6.07, 6.45) is 3.31. The number of aromatic nitrogens is 2. The summed E-state index contributed by atoms with van der Waals surface area (Å²) in [5.41, 5.74) is 0.470. The van der Waals surface area contributed by atoms with E-state index in [-0.39, 0.29) is 21.5 Å². The third-order valence-corrected chi connectivity index (χ3v) is 2.32. The highest BCUT2D eigenvalue weighted by atomic mass is 35.5. The molecule has 1 aromatic heterocycles. The predicted octanol–water partition coefficient (Wildman–Crippen LogP) is 2.59. The Morgan fingerprint density at radius 3 is 2.38 bits per heavy atom. The lowest BCUT2D eigenvalue weighted by Crippen LogP contribution is -2.19. The van der Waals surface area contributed by atoms with Crippen molar-refractivity contribution in [3.8, 4) is 0 Å². The second kappa shape index (κ2) is 6.03. The van der Waals surface area contributed by atoms with Crippen LogP contribution >= 0.6 is 34.8 Å². The molecule has 0 radical (unpaired) electrons. The summed E-state index contributed by atoms with van der Waals surface area (Å²) < 4.78 is 0. The van der Waals surface area contributed by atoms with Gasteiger partial charge in [0, 0.05) is 19.0 Å². The molecule has 86 valence electrons. The minimum absolute atomic E-state index is 0.00555. The second-order valence-electron chi connectivity index (χ2n) is 2.83. The summed E-state index contributed by atoms with van der Waals surface area (Å²) in [4.78, 5) is 18.1. The fourth-order valence-corrected chi connectivity index (χ4v) is 1.68. The molecule has 0 saturated carbocycles. The Morgan fingerprint density at radius 1 is 1.31 bits per heavy atom. The Bertz CT molecular complexity index is 411. The normalized spacial score (nSPS) is 10.8. The van der Waals surface area contributed by atoms with Gasteiger partial charge in [-0.15, -0.1) is 0 Å². The molecule has 1 amide bonds. The topological polar surface area (TPSA) is 54.9 Å². The molecule has 1 heterocycles. The van der Waals surface area contributed by atoms with Crippen LogP contribution in [0.4, 0.5) is 0 Å². The number of nitrogens with one attached hydrogen (secondary N) is 1. The van der Waals surface area contributed by atoms with Gasteiger partial charge < -0.3 is 5.32 Å². The maximum absolute atomic E-state index is 10.6. The highest BCUT2D eigenvalue weighted by Gasteiger charge is 2.07. The van der Waals surface area contributed by atoms with Crippen molar-refractivity contribution in [1.82, 2.24) is 15.3 Å². The summed E-state index contributed by atoms with van der Waals surface area (Å²) in [6, 6.07) is 0. The average Bonchev–Trinajstić information content (AvgIpc) is 2.14. The summed E-state index contributed by atoms with van der Waals surface area (Å²) in [5.74, 6) is -0.116. The number of rotatable bonds is 3. The first-order valence-electron chi connectivity index (χ1n) is 4.30. The van der Waals surface area contributed by atoms with E-state index in [4.69, 9.17) is 34.8 Å². The molecule has 1 N–H and O–H groups in total. The molecule has 4 nitrogen and oxygen atoms in total. The quantitative estimate of drug-likeness (QED) is 0.684. The molecule has 0 aliphatic rings. The number of nitrogens with zero attached hydrogens (tertiary/aromatic N) is 2. The van der Waals surface area contributed by atoms with Crippen molar-refractivity contribution in [3.63, 3.8) is 0 Å². The van der Waals surface area contributed by atoms with E-state index >= 15 is 0 Å². The minimum Gasteiger partial charge on any atom is -0.353 e. The monoisotopic (exact) mass is 279 g/mol. The van der Waals surface area contributed by atoms with Gasteiger partial charge in [-0.1, -0.05) is 35.4 Å². The SMILES string of the molecule is CC(=O)NCC=Cc1c(Cl)nc(Cl)nc1Cl. The highest BCUT2D eigenvalue weighted by molar-refractivity contribution is 6.37. The number of hydrogen-bond donors (Lipinski definition) is 1. The van der Waals surface area contributed by atoms with Crippen molar-refractivity contribution in [2.24, 2.45) is 0 Å². The molecule has 7 heteroatoms. The van der Waals surface area contributed by atoms with E-state index in [1.807, 2.05) is 0 Å². The first-order valence-corrected chi connectivity index (χ1v) is 5.43. The maximum Gasteiger partial charge on any atom is 0.225 e. The van der Waals surface area contributed by atoms with Crippen molar-refractivity contribution in [3.05, 3.63) is 27.2 Å². The Hall–Kier alpha value is -0.840. The summed E-state index contributed by atoms with van der Waals surface area (Å²) in [7, 11) is 0. The zero-order valence-electron chi connectivity index (χ0n) is 8.30. The Labute approximate surface area is 108 Å². The van der Waals surface area contributed by atoms with E-state index in [9.17, 15) is 4.79 Å². The maximum atomic E-state index is 10.6. The zero-order valence-corrected chi connectivity index (χ0v) is 10.6. The summed E-state index contributed by atoms with van der Waals surface area (Å²) >= 11 is 17.2. The van der Waals surface area contributed by atoms with Crippen LogP contribution in [0.3, 0.4) is 0 Å². The largest absolute Gasteiger partial charge is 0.353 e. The molecular formula is C9H8Cl3N3O. The van der Waals surface area contributed by atoms with Gasteiger partial charge in [-0.3, -0.25) is 4.79 Å². The van der Waals surface area contributed by atoms with Crippen molar-refractivity contribution >= 4 is 46.8 Å².